The average Bonchev–Trinajstić information content (AvgIpc) is 3.68. The first-order valence-corrected chi connectivity index (χ1v) is 12.3. The molecule has 1 fully saturated rings. The first-order chi connectivity index (χ1) is 18.1. The minimum Gasteiger partial charge on any atom is -0.507 e. The molecule has 3 heterocycles. The van der Waals surface area contributed by atoms with Gasteiger partial charge in [0.15, 0.2) is 5.54 Å². The van der Waals surface area contributed by atoms with Crippen molar-refractivity contribution in [1.29, 1.82) is 0 Å². The number of aromatic amines is 1. The molecule has 3 aromatic carbocycles. The summed E-state index contributed by atoms with van der Waals surface area (Å²) in [6.07, 6.45) is 1.33. The number of phenols is 1. The number of tetrazole rings is 1. The van der Waals surface area contributed by atoms with Crippen LogP contribution in [0.5, 0.6) is 5.75 Å². The third-order valence-corrected chi connectivity index (χ3v) is 7.04. The van der Waals surface area contributed by atoms with Gasteiger partial charge in [-0.05, 0) is 45.7 Å². The summed E-state index contributed by atoms with van der Waals surface area (Å²) in [7, 11) is 0. The molecule has 0 saturated carbocycles. The molecule has 0 radical (unpaired) electrons. The van der Waals surface area contributed by atoms with Gasteiger partial charge in [0.05, 0.1) is 13.2 Å². The van der Waals surface area contributed by atoms with E-state index in [1.54, 1.807) is 17.0 Å². The van der Waals surface area contributed by atoms with Gasteiger partial charge in [0.2, 0.25) is 5.82 Å². The summed E-state index contributed by atoms with van der Waals surface area (Å²) in [5, 5.41) is 25.0. The molecule has 1 atom stereocenters. The lowest BCUT2D eigenvalue weighted by Crippen LogP contribution is -2.42. The Labute approximate surface area is 213 Å². The number of nitrogens with one attached hydrogen (secondary N) is 1. The molecule has 1 spiro atoms. The number of para-hydroxylation sites is 1. The van der Waals surface area contributed by atoms with Gasteiger partial charge < -0.3 is 9.84 Å². The second-order valence-electron chi connectivity index (χ2n) is 9.32. The second-order valence-corrected chi connectivity index (χ2v) is 9.32. The molecule has 2 aliphatic rings. The summed E-state index contributed by atoms with van der Waals surface area (Å²) in [4.78, 5) is 19.8. The van der Waals surface area contributed by atoms with E-state index in [0.717, 1.165) is 39.2 Å². The van der Waals surface area contributed by atoms with E-state index in [9.17, 15) is 9.90 Å². The summed E-state index contributed by atoms with van der Waals surface area (Å²) in [5.41, 5.74) is 4.56. The number of hydrogen-bond acceptors (Lipinski definition) is 7. The molecule has 4 aromatic rings. The largest absolute Gasteiger partial charge is 0.507 e. The standard InChI is InChI=1S/C28H26N6O3/c1-2-25-29-28(13-14-37-17-28)27(36)34(25)16-18-7-9-19(10-8-18)23-15-20(21-5-3-4-6-24(21)35)11-12-22(23)26-30-32-33-31-26/h3-12,15,35H,2,13-14,16-17H2,1H3,(H,30,31,32,33). The number of ether oxygens (including phenoxy) is 1. The molecule has 1 amide bonds. The maximum Gasteiger partial charge on any atom is 0.258 e. The Balaban J connectivity index is 1.33. The molecule has 2 N–H and O–H groups in total. The van der Waals surface area contributed by atoms with Gasteiger partial charge in [0.1, 0.15) is 11.6 Å². The molecule has 1 aromatic heterocycles. The van der Waals surface area contributed by atoms with Crippen LogP contribution in [-0.2, 0) is 16.1 Å². The normalized spacial score (nSPS) is 19.1. The fraction of sp³-hybridized carbons (Fsp3) is 0.250. The lowest BCUT2D eigenvalue weighted by Gasteiger charge is -2.21. The highest BCUT2D eigenvalue weighted by Crippen LogP contribution is 2.37. The van der Waals surface area contributed by atoms with Crippen molar-refractivity contribution >= 4 is 11.7 Å². The van der Waals surface area contributed by atoms with E-state index in [2.05, 4.69) is 20.6 Å². The predicted octanol–water partition coefficient (Wildman–Crippen LogP) is 4.22. The number of nitrogens with zero attached hydrogens (tertiary/aromatic N) is 5. The Morgan fingerprint density at radius 1 is 1.03 bits per heavy atom. The van der Waals surface area contributed by atoms with Gasteiger partial charge in [-0.3, -0.25) is 14.7 Å². The molecule has 1 unspecified atom stereocenters. The molecule has 9 heteroatoms. The predicted molar refractivity (Wildman–Crippen MR) is 139 cm³/mol. The van der Waals surface area contributed by atoms with Gasteiger partial charge in [-0.15, -0.1) is 10.2 Å². The number of hydrogen-bond donors (Lipinski definition) is 2. The van der Waals surface area contributed by atoms with Gasteiger partial charge in [-0.25, -0.2) is 0 Å². The number of carbonyl (C=O) groups is 1. The number of benzene rings is 3. The molecule has 9 nitrogen and oxygen atoms in total. The molecule has 6 rings (SSSR count). The zero-order valence-corrected chi connectivity index (χ0v) is 20.4. The maximum atomic E-state index is 13.3. The van der Waals surface area contributed by atoms with Crippen LogP contribution in [0.1, 0.15) is 25.3 Å². The summed E-state index contributed by atoms with van der Waals surface area (Å²) in [6, 6.07) is 21.3. The van der Waals surface area contributed by atoms with Gasteiger partial charge >= 0.3 is 0 Å². The van der Waals surface area contributed by atoms with Crippen LogP contribution in [-0.4, -0.2) is 61.1 Å². The average molecular weight is 495 g/mol. The van der Waals surface area contributed by atoms with E-state index in [4.69, 9.17) is 9.73 Å². The summed E-state index contributed by atoms with van der Waals surface area (Å²) in [5.74, 6) is 1.54. The van der Waals surface area contributed by atoms with Crippen molar-refractivity contribution in [2.45, 2.75) is 31.8 Å². The van der Waals surface area contributed by atoms with E-state index in [1.807, 2.05) is 61.5 Å². The summed E-state index contributed by atoms with van der Waals surface area (Å²) in [6.45, 7) is 3.41. The lowest BCUT2D eigenvalue weighted by atomic mass is 9.93. The van der Waals surface area contributed by atoms with Crippen LogP contribution in [0.3, 0.4) is 0 Å². The molecule has 1 saturated heterocycles. The topological polar surface area (TPSA) is 117 Å². The monoisotopic (exact) mass is 494 g/mol. The highest BCUT2D eigenvalue weighted by molar-refractivity contribution is 6.08. The van der Waals surface area contributed by atoms with E-state index in [1.165, 1.54) is 0 Å². The smallest absolute Gasteiger partial charge is 0.258 e. The fourth-order valence-electron chi connectivity index (χ4n) is 5.08. The van der Waals surface area contributed by atoms with Crippen molar-refractivity contribution in [3.8, 4) is 39.4 Å². The number of rotatable bonds is 6. The zero-order valence-electron chi connectivity index (χ0n) is 20.4. The van der Waals surface area contributed by atoms with Crippen molar-refractivity contribution in [2.75, 3.05) is 13.2 Å². The number of aromatic hydroxyl groups is 1. The molecule has 0 aliphatic carbocycles. The number of aliphatic imine (C=N–C) groups is 1. The first kappa shape index (κ1) is 23.1. The van der Waals surface area contributed by atoms with E-state index in [-0.39, 0.29) is 11.7 Å². The van der Waals surface area contributed by atoms with Crippen LogP contribution >= 0.6 is 0 Å². The maximum absolute atomic E-state index is 13.3. The van der Waals surface area contributed by atoms with Crippen molar-refractivity contribution in [3.05, 3.63) is 72.3 Å². The van der Waals surface area contributed by atoms with E-state index >= 15 is 0 Å². The number of phenolic OH excluding ortho intramolecular Hbond substituents is 1. The van der Waals surface area contributed by atoms with Crippen LogP contribution in [0, 0.1) is 0 Å². The fourth-order valence-corrected chi connectivity index (χ4v) is 5.08. The number of aromatic nitrogens is 4. The highest BCUT2D eigenvalue weighted by atomic mass is 16.5. The lowest BCUT2D eigenvalue weighted by molar-refractivity contribution is -0.131. The number of carbonyl (C=O) groups excluding carboxylic acids is 1. The minimum absolute atomic E-state index is 0.0284. The van der Waals surface area contributed by atoms with Crippen molar-refractivity contribution in [3.63, 3.8) is 0 Å². The third kappa shape index (κ3) is 4.07. The van der Waals surface area contributed by atoms with Crippen molar-refractivity contribution < 1.29 is 14.6 Å². The number of amidine groups is 1. The van der Waals surface area contributed by atoms with Crippen molar-refractivity contribution in [2.24, 2.45) is 4.99 Å². The minimum atomic E-state index is -0.742. The Bertz CT molecular complexity index is 1470. The van der Waals surface area contributed by atoms with Gasteiger partial charge in [-0.2, -0.15) is 5.21 Å². The molecule has 186 valence electrons. The number of H-pyrrole nitrogens is 1. The van der Waals surface area contributed by atoms with Crippen LogP contribution < -0.4 is 0 Å². The highest BCUT2D eigenvalue weighted by Gasteiger charge is 2.50. The van der Waals surface area contributed by atoms with Crippen LogP contribution in [0.25, 0.3) is 33.6 Å². The van der Waals surface area contributed by atoms with E-state index < -0.39 is 5.54 Å². The summed E-state index contributed by atoms with van der Waals surface area (Å²) < 4.78 is 5.51. The first-order valence-electron chi connectivity index (χ1n) is 12.3. The Kier molecular flexibility index (Phi) is 5.77. The van der Waals surface area contributed by atoms with E-state index in [0.29, 0.717) is 38.4 Å². The van der Waals surface area contributed by atoms with Crippen LogP contribution in [0.15, 0.2) is 71.7 Å². The van der Waals surface area contributed by atoms with Crippen molar-refractivity contribution in [1.82, 2.24) is 25.5 Å². The molecule has 2 aliphatic heterocycles. The van der Waals surface area contributed by atoms with Crippen LogP contribution in [0.4, 0.5) is 0 Å². The summed E-state index contributed by atoms with van der Waals surface area (Å²) >= 11 is 0. The Hall–Kier alpha value is -4.37. The molecule has 0 bridgehead atoms. The molecular formula is C28H26N6O3. The third-order valence-electron chi connectivity index (χ3n) is 7.04. The SMILES string of the molecule is CCC1=NC2(CCOC2)C(=O)N1Cc1ccc(-c2cc(-c3ccccc3O)ccc2-c2nn[nH]n2)cc1. The van der Waals surface area contributed by atoms with Gasteiger partial charge in [-0.1, -0.05) is 55.5 Å². The second kappa shape index (κ2) is 9.25. The van der Waals surface area contributed by atoms with Crippen LogP contribution in [0.2, 0.25) is 0 Å². The Morgan fingerprint density at radius 3 is 2.54 bits per heavy atom. The zero-order chi connectivity index (χ0) is 25.4. The van der Waals surface area contributed by atoms with Gasteiger partial charge in [0, 0.05) is 30.6 Å². The molecular weight excluding hydrogens is 468 g/mol. The molecule has 37 heavy (non-hydrogen) atoms. The van der Waals surface area contributed by atoms with Gasteiger partial charge in [0.25, 0.3) is 5.91 Å². The Morgan fingerprint density at radius 2 is 1.84 bits per heavy atom. The quantitative estimate of drug-likeness (QED) is 0.415. The number of amides is 1.